The van der Waals surface area contributed by atoms with Crippen LogP contribution in [-0.4, -0.2) is 88.8 Å². The van der Waals surface area contributed by atoms with Crippen LogP contribution >= 0.6 is 0 Å². The molecule has 1 atom stereocenters. The molecule has 16 heteroatoms. The molecular weight excluding hydrogens is 530 g/mol. The number of hydrogen-bond donors (Lipinski definition) is 2. The molecule has 2 fully saturated rings. The molecule has 0 radical (unpaired) electrons. The number of aromatic nitrogens is 2. The van der Waals surface area contributed by atoms with E-state index < -0.39 is 24.3 Å². The molecule has 2 saturated heterocycles. The Morgan fingerprint density at radius 1 is 1.03 bits per heavy atom. The highest BCUT2D eigenvalue weighted by atomic mass is 19.4. The van der Waals surface area contributed by atoms with Crippen LogP contribution in [0.25, 0.3) is 0 Å². The van der Waals surface area contributed by atoms with E-state index in [0.717, 1.165) is 57.5 Å². The average Bonchev–Trinajstić information content (AvgIpc) is 3.26. The summed E-state index contributed by atoms with van der Waals surface area (Å²) < 4.78 is 75.0. The Bertz CT molecular complexity index is 982. The number of furan rings is 1. The van der Waals surface area contributed by atoms with Gasteiger partial charge in [-0.25, -0.2) is 14.6 Å². The van der Waals surface area contributed by atoms with Crippen molar-refractivity contribution in [2.24, 2.45) is 5.41 Å². The zero-order valence-corrected chi connectivity index (χ0v) is 19.9. The topological polar surface area (TPSA) is 129 Å². The monoisotopic (exact) mass is 556 g/mol. The van der Waals surface area contributed by atoms with Crippen molar-refractivity contribution in [1.82, 2.24) is 14.9 Å². The largest absolute Gasteiger partial charge is 0.490 e. The van der Waals surface area contributed by atoms with Crippen molar-refractivity contribution < 1.29 is 55.3 Å². The fourth-order valence-electron chi connectivity index (χ4n) is 3.96. The molecule has 0 bridgehead atoms. The van der Waals surface area contributed by atoms with Gasteiger partial charge in [0.1, 0.15) is 11.6 Å². The average molecular weight is 556 g/mol. The molecule has 2 aromatic rings. The quantitative estimate of drug-likeness (QED) is 0.543. The van der Waals surface area contributed by atoms with E-state index in [1.54, 1.807) is 18.7 Å². The number of carboxylic acid groups (broad SMARTS) is 2. The highest BCUT2D eigenvalue weighted by Gasteiger charge is 2.40. The van der Waals surface area contributed by atoms with Gasteiger partial charge in [-0.15, -0.1) is 0 Å². The number of anilines is 1. The summed E-state index contributed by atoms with van der Waals surface area (Å²) in [6.07, 6.45) is -0.698. The summed E-state index contributed by atoms with van der Waals surface area (Å²) in [5, 5.41) is 14.2. The molecule has 0 saturated carbocycles. The van der Waals surface area contributed by atoms with Gasteiger partial charge in [0.15, 0.2) is 0 Å². The summed E-state index contributed by atoms with van der Waals surface area (Å²) in [7, 11) is 0. The SMILES string of the molecule is O=C(O)C(F)(F)F.O=C(O)C(F)(F)F.c1coc(CN2CCCC3(COCCN(c4cnccn4)C3)C2)c1. The van der Waals surface area contributed by atoms with Gasteiger partial charge in [-0.2, -0.15) is 26.3 Å². The minimum absolute atomic E-state index is 0.152. The summed E-state index contributed by atoms with van der Waals surface area (Å²) >= 11 is 0. The number of rotatable bonds is 3. The van der Waals surface area contributed by atoms with Crippen LogP contribution < -0.4 is 4.90 Å². The number of carboxylic acids is 2. The third-order valence-corrected chi connectivity index (χ3v) is 5.50. The number of ether oxygens (including phenoxy) is 1. The molecule has 2 aromatic heterocycles. The van der Waals surface area contributed by atoms with E-state index in [2.05, 4.69) is 25.8 Å². The number of likely N-dealkylation sites (tertiary alicyclic amines) is 1. The first-order valence-electron chi connectivity index (χ1n) is 11.2. The lowest BCUT2D eigenvalue weighted by atomic mass is 9.80. The highest BCUT2D eigenvalue weighted by Crippen LogP contribution is 2.34. The van der Waals surface area contributed by atoms with E-state index in [1.807, 2.05) is 12.3 Å². The van der Waals surface area contributed by atoms with Crippen molar-refractivity contribution in [1.29, 1.82) is 0 Å². The molecule has 10 nitrogen and oxygen atoms in total. The smallest absolute Gasteiger partial charge is 0.475 e. The summed E-state index contributed by atoms with van der Waals surface area (Å²) in [4.78, 5) is 31.3. The zero-order valence-electron chi connectivity index (χ0n) is 19.9. The molecule has 212 valence electrons. The van der Waals surface area contributed by atoms with Crippen LogP contribution in [0.15, 0.2) is 41.4 Å². The van der Waals surface area contributed by atoms with E-state index >= 15 is 0 Å². The number of halogens is 6. The van der Waals surface area contributed by atoms with Gasteiger partial charge < -0.3 is 24.3 Å². The molecule has 2 aliphatic heterocycles. The van der Waals surface area contributed by atoms with E-state index in [-0.39, 0.29) is 5.41 Å². The van der Waals surface area contributed by atoms with Crippen LogP contribution in [0, 0.1) is 5.41 Å². The number of piperidine rings is 1. The molecule has 0 aliphatic carbocycles. The van der Waals surface area contributed by atoms with Crippen LogP contribution in [0.4, 0.5) is 32.2 Å². The molecule has 4 rings (SSSR count). The molecule has 38 heavy (non-hydrogen) atoms. The fraction of sp³-hybridized carbons (Fsp3) is 0.545. The standard InChI is InChI=1S/C18H24N4O2.2C2HF3O2/c1-3-16(24-9-1)12-21-7-2-4-18(13-21)14-22(8-10-23-15-18)17-11-19-5-6-20-17;2*3-2(4,5)1(6)7/h1,3,5-6,9,11H,2,4,7-8,10,12-15H2;2*(H,6,7). The highest BCUT2D eigenvalue weighted by molar-refractivity contribution is 5.73. The Kier molecular flexibility index (Phi) is 10.9. The maximum atomic E-state index is 10.6. The van der Waals surface area contributed by atoms with Gasteiger partial charge >= 0.3 is 24.3 Å². The van der Waals surface area contributed by atoms with E-state index in [4.69, 9.17) is 29.0 Å². The van der Waals surface area contributed by atoms with Gasteiger partial charge in [-0.05, 0) is 31.5 Å². The normalized spacial score (nSPS) is 20.4. The first kappa shape index (κ1) is 30.8. The first-order valence-corrected chi connectivity index (χ1v) is 11.2. The van der Waals surface area contributed by atoms with Gasteiger partial charge in [0, 0.05) is 37.4 Å². The van der Waals surface area contributed by atoms with Crippen molar-refractivity contribution in [3.8, 4) is 0 Å². The number of aliphatic carboxylic acids is 2. The number of nitrogens with zero attached hydrogens (tertiary/aromatic N) is 4. The second kappa shape index (κ2) is 13.4. The molecular formula is C22H26F6N4O6. The van der Waals surface area contributed by atoms with Crippen LogP contribution in [0.5, 0.6) is 0 Å². The lowest BCUT2D eigenvalue weighted by Crippen LogP contribution is -2.50. The zero-order chi connectivity index (χ0) is 28.4. The molecule has 1 spiro atoms. The molecule has 2 N–H and O–H groups in total. The second-order valence-electron chi connectivity index (χ2n) is 8.54. The molecule has 1 unspecified atom stereocenters. The Morgan fingerprint density at radius 3 is 2.21 bits per heavy atom. The van der Waals surface area contributed by atoms with E-state index in [9.17, 15) is 26.3 Å². The van der Waals surface area contributed by atoms with Crippen LogP contribution in [0.1, 0.15) is 18.6 Å². The minimum Gasteiger partial charge on any atom is -0.475 e. The minimum atomic E-state index is -5.08. The second-order valence-corrected chi connectivity index (χ2v) is 8.54. The maximum absolute atomic E-state index is 10.6. The predicted molar refractivity (Wildman–Crippen MR) is 118 cm³/mol. The third-order valence-electron chi connectivity index (χ3n) is 5.50. The van der Waals surface area contributed by atoms with Crippen molar-refractivity contribution in [3.05, 3.63) is 42.7 Å². The third kappa shape index (κ3) is 10.2. The lowest BCUT2D eigenvalue weighted by molar-refractivity contribution is -0.193. The fourth-order valence-corrected chi connectivity index (χ4v) is 3.96. The van der Waals surface area contributed by atoms with E-state index in [0.29, 0.717) is 0 Å². The van der Waals surface area contributed by atoms with Crippen LogP contribution in [0.3, 0.4) is 0 Å². The summed E-state index contributed by atoms with van der Waals surface area (Å²) in [5.74, 6) is -3.53. The van der Waals surface area contributed by atoms with Crippen molar-refractivity contribution >= 4 is 17.8 Å². The van der Waals surface area contributed by atoms with Crippen LogP contribution in [0.2, 0.25) is 0 Å². The van der Waals surface area contributed by atoms with Gasteiger partial charge in [0.2, 0.25) is 0 Å². The Labute approximate surface area is 212 Å². The van der Waals surface area contributed by atoms with Crippen LogP contribution in [-0.2, 0) is 20.9 Å². The predicted octanol–water partition coefficient (Wildman–Crippen LogP) is 3.46. The summed E-state index contributed by atoms with van der Waals surface area (Å²) in [6.45, 7) is 6.44. The molecule has 4 heterocycles. The van der Waals surface area contributed by atoms with Crippen molar-refractivity contribution in [2.75, 3.05) is 44.3 Å². The molecule has 0 amide bonds. The molecule has 0 aromatic carbocycles. The summed E-state index contributed by atoms with van der Waals surface area (Å²) in [5.41, 5.74) is 0.152. The number of carbonyl (C=O) groups is 2. The Morgan fingerprint density at radius 2 is 1.68 bits per heavy atom. The van der Waals surface area contributed by atoms with Crippen molar-refractivity contribution in [2.45, 2.75) is 31.7 Å². The first-order chi connectivity index (χ1) is 17.7. The Hall–Kier alpha value is -3.40. The number of alkyl halides is 6. The van der Waals surface area contributed by atoms with Crippen molar-refractivity contribution in [3.63, 3.8) is 0 Å². The van der Waals surface area contributed by atoms with Gasteiger partial charge in [0.05, 0.1) is 32.2 Å². The van der Waals surface area contributed by atoms with Gasteiger partial charge in [-0.1, -0.05) is 0 Å². The van der Waals surface area contributed by atoms with Gasteiger partial charge in [0.25, 0.3) is 0 Å². The maximum Gasteiger partial charge on any atom is 0.490 e. The summed E-state index contributed by atoms with van der Waals surface area (Å²) in [6, 6.07) is 4.01. The Balaban J connectivity index is 0.000000301. The van der Waals surface area contributed by atoms with E-state index in [1.165, 1.54) is 12.8 Å². The molecule has 2 aliphatic rings. The van der Waals surface area contributed by atoms with Gasteiger partial charge in [-0.3, -0.25) is 9.88 Å². The number of hydrogen-bond acceptors (Lipinski definition) is 8. The lowest BCUT2D eigenvalue weighted by Gasteiger charge is -2.43.